The van der Waals surface area contributed by atoms with Crippen molar-refractivity contribution >= 4 is 11.6 Å². The first-order chi connectivity index (χ1) is 5.68. The largest absolute Gasteiger partial charge is 0.424 e. The average Bonchev–Trinajstić information content (AvgIpc) is 2.35. The van der Waals surface area contributed by atoms with Crippen molar-refractivity contribution in [1.82, 2.24) is 15.5 Å². The number of aromatic nitrogens is 2. The number of aryl methyl sites for hydroxylation is 1. The van der Waals surface area contributed by atoms with Crippen molar-refractivity contribution in [2.75, 3.05) is 6.54 Å². The molecule has 0 atom stereocenters. The lowest BCUT2D eigenvalue weighted by atomic mass is 10.5. The zero-order valence-electron chi connectivity index (χ0n) is 6.80. The molecule has 1 aromatic rings. The van der Waals surface area contributed by atoms with E-state index in [1.54, 1.807) is 6.92 Å². The summed E-state index contributed by atoms with van der Waals surface area (Å²) in [6.45, 7) is 6.34. The lowest BCUT2D eigenvalue weighted by molar-refractivity contribution is 0.452. The molecule has 0 bridgehead atoms. The number of hydrogen-bond donors (Lipinski definition) is 1. The van der Waals surface area contributed by atoms with E-state index in [0.717, 1.165) is 0 Å². The fourth-order valence-corrected chi connectivity index (χ4v) is 0.809. The van der Waals surface area contributed by atoms with Crippen LogP contribution in [-0.4, -0.2) is 16.7 Å². The minimum absolute atomic E-state index is 0.520. The van der Waals surface area contributed by atoms with Crippen molar-refractivity contribution in [3.63, 3.8) is 0 Å². The lowest BCUT2D eigenvalue weighted by Gasteiger charge is -1.97. The van der Waals surface area contributed by atoms with Crippen LogP contribution < -0.4 is 5.32 Å². The van der Waals surface area contributed by atoms with Gasteiger partial charge in [-0.05, 0) is 0 Å². The molecular formula is C7H10ClN3O. The molecule has 0 aliphatic rings. The second-order valence-electron chi connectivity index (χ2n) is 2.34. The molecule has 0 aromatic carbocycles. The molecule has 1 aromatic heterocycles. The number of nitrogens with one attached hydrogen (secondary N) is 1. The molecule has 1 heterocycles. The van der Waals surface area contributed by atoms with E-state index in [-0.39, 0.29) is 0 Å². The number of nitrogens with zero attached hydrogens (tertiary/aromatic N) is 2. The van der Waals surface area contributed by atoms with Crippen LogP contribution in [0.1, 0.15) is 11.8 Å². The summed E-state index contributed by atoms with van der Waals surface area (Å²) in [6.07, 6.45) is 0. The minimum Gasteiger partial charge on any atom is -0.424 e. The second kappa shape index (κ2) is 4.23. The van der Waals surface area contributed by atoms with E-state index < -0.39 is 0 Å². The van der Waals surface area contributed by atoms with Crippen molar-refractivity contribution in [3.8, 4) is 0 Å². The Morgan fingerprint density at radius 1 is 1.67 bits per heavy atom. The normalized spacial score (nSPS) is 10.2. The molecule has 0 aliphatic heterocycles. The van der Waals surface area contributed by atoms with Gasteiger partial charge < -0.3 is 9.73 Å². The first-order valence-corrected chi connectivity index (χ1v) is 3.89. The fraction of sp³-hybridized carbons (Fsp3) is 0.429. The maximum absolute atomic E-state index is 5.53. The van der Waals surface area contributed by atoms with Gasteiger partial charge in [-0.3, -0.25) is 0 Å². The highest BCUT2D eigenvalue weighted by Gasteiger charge is 2.00. The Morgan fingerprint density at radius 2 is 2.42 bits per heavy atom. The van der Waals surface area contributed by atoms with Gasteiger partial charge in [0, 0.05) is 18.5 Å². The van der Waals surface area contributed by atoms with Crippen molar-refractivity contribution in [2.45, 2.75) is 13.5 Å². The Hall–Kier alpha value is -0.870. The van der Waals surface area contributed by atoms with Gasteiger partial charge in [0.15, 0.2) is 0 Å². The van der Waals surface area contributed by atoms with E-state index in [4.69, 9.17) is 16.0 Å². The monoisotopic (exact) mass is 187 g/mol. The zero-order chi connectivity index (χ0) is 8.97. The predicted molar refractivity (Wildman–Crippen MR) is 45.7 cm³/mol. The molecule has 0 amide bonds. The van der Waals surface area contributed by atoms with Gasteiger partial charge in [-0.2, -0.15) is 0 Å². The van der Waals surface area contributed by atoms with Crippen molar-refractivity contribution in [2.24, 2.45) is 0 Å². The molecular weight excluding hydrogens is 178 g/mol. The SMILES string of the molecule is C=C(Cl)CNCc1nnc(C)o1. The molecule has 66 valence electrons. The first-order valence-electron chi connectivity index (χ1n) is 3.51. The summed E-state index contributed by atoms with van der Waals surface area (Å²) in [5, 5.41) is 11.0. The van der Waals surface area contributed by atoms with Crippen LogP contribution in [-0.2, 0) is 6.54 Å². The Labute approximate surface area is 75.6 Å². The molecule has 0 saturated heterocycles. The van der Waals surface area contributed by atoms with Gasteiger partial charge in [-0.15, -0.1) is 10.2 Å². The molecule has 5 heteroatoms. The Morgan fingerprint density at radius 3 is 2.92 bits per heavy atom. The van der Waals surface area contributed by atoms with Crippen LogP contribution in [0.15, 0.2) is 16.0 Å². The zero-order valence-corrected chi connectivity index (χ0v) is 7.56. The van der Waals surface area contributed by atoms with Gasteiger partial charge in [0.05, 0.1) is 6.54 Å². The summed E-state index contributed by atoms with van der Waals surface area (Å²) in [6, 6.07) is 0. The molecule has 4 nitrogen and oxygen atoms in total. The van der Waals surface area contributed by atoms with Crippen LogP contribution in [0.2, 0.25) is 0 Å². The summed E-state index contributed by atoms with van der Waals surface area (Å²) >= 11 is 5.53. The Balaban J connectivity index is 2.29. The molecule has 0 aliphatic carbocycles. The molecule has 0 spiro atoms. The standard InChI is InChI=1S/C7H10ClN3O/c1-5(8)3-9-4-7-11-10-6(2)12-7/h9H,1,3-4H2,2H3. The van der Waals surface area contributed by atoms with Crippen LogP contribution in [0, 0.1) is 6.92 Å². The van der Waals surface area contributed by atoms with Crippen LogP contribution >= 0.6 is 11.6 Å². The van der Waals surface area contributed by atoms with Gasteiger partial charge in [0.2, 0.25) is 11.8 Å². The topological polar surface area (TPSA) is 51.0 Å². The average molecular weight is 188 g/mol. The molecule has 0 fully saturated rings. The van der Waals surface area contributed by atoms with Crippen LogP contribution in [0.3, 0.4) is 0 Å². The Kier molecular flexibility index (Phi) is 3.25. The third kappa shape index (κ3) is 3.02. The molecule has 12 heavy (non-hydrogen) atoms. The van der Waals surface area contributed by atoms with E-state index in [1.165, 1.54) is 0 Å². The molecule has 1 N–H and O–H groups in total. The van der Waals surface area contributed by atoms with E-state index in [0.29, 0.717) is 29.9 Å². The van der Waals surface area contributed by atoms with E-state index in [2.05, 4.69) is 22.1 Å². The van der Waals surface area contributed by atoms with Gasteiger partial charge in [-0.25, -0.2) is 0 Å². The fourth-order valence-electron chi connectivity index (χ4n) is 0.714. The maximum atomic E-state index is 5.53. The summed E-state index contributed by atoms with van der Waals surface area (Å²) in [5.74, 6) is 1.13. The van der Waals surface area contributed by atoms with Crippen molar-refractivity contribution < 1.29 is 4.42 Å². The predicted octanol–water partition coefficient (Wildman–Crippen LogP) is 1.22. The summed E-state index contributed by atoms with van der Waals surface area (Å²) in [7, 11) is 0. The third-order valence-corrected chi connectivity index (χ3v) is 1.29. The van der Waals surface area contributed by atoms with Crippen molar-refractivity contribution in [3.05, 3.63) is 23.4 Å². The highest BCUT2D eigenvalue weighted by atomic mass is 35.5. The highest BCUT2D eigenvalue weighted by Crippen LogP contribution is 1.98. The summed E-state index contributed by atoms with van der Waals surface area (Å²) in [5.41, 5.74) is 0. The van der Waals surface area contributed by atoms with Gasteiger partial charge >= 0.3 is 0 Å². The highest BCUT2D eigenvalue weighted by molar-refractivity contribution is 6.29. The molecule has 0 unspecified atom stereocenters. The number of halogens is 1. The van der Waals surface area contributed by atoms with E-state index in [9.17, 15) is 0 Å². The maximum Gasteiger partial charge on any atom is 0.230 e. The van der Waals surface area contributed by atoms with Gasteiger partial charge in [-0.1, -0.05) is 18.2 Å². The molecule has 0 saturated carbocycles. The quantitative estimate of drug-likeness (QED) is 0.770. The first kappa shape index (κ1) is 9.22. The van der Waals surface area contributed by atoms with Crippen molar-refractivity contribution in [1.29, 1.82) is 0 Å². The summed E-state index contributed by atoms with van der Waals surface area (Å²) < 4.78 is 5.11. The summed E-state index contributed by atoms with van der Waals surface area (Å²) in [4.78, 5) is 0. The van der Waals surface area contributed by atoms with Gasteiger partial charge in [0.25, 0.3) is 0 Å². The van der Waals surface area contributed by atoms with Gasteiger partial charge in [0.1, 0.15) is 0 Å². The number of hydrogen-bond acceptors (Lipinski definition) is 4. The second-order valence-corrected chi connectivity index (χ2v) is 2.87. The third-order valence-electron chi connectivity index (χ3n) is 1.16. The van der Waals surface area contributed by atoms with Crippen LogP contribution in [0.4, 0.5) is 0 Å². The van der Waals surface area contributed by atoms with E-state index in [1.807, 2.05) is 0 Å². The van der Waals surface area contributed by atoms with E-state index >= 15 is 0 Å². The molecule has 1 rings (SSSR count). The Bertz CT molecular complexity index is 271. The lowest BCUT2D eigenvalue weighted by Crippen LogP contribution is -2.14. The molecule has 0 radical (unpaired) electrons. The minimum atomic E-state index is 0.520. The number of rotatable bonds is 4. The smallest absolute Gasteiger partial charge is 0.230 e. The van der Waals surface area contributed by atoms with Crippen LogP contribution in [0.25, 0.3) is 0 Å². The van der Waals surface area contributed by atoms with Crippen LogP contribution in [0.5, 0.6) is 0 Å².